The largest absolute Gasteiger partial charge is 0.419 e. The van der Waals surface area contributed by atoms with Crippen molar-refractivity contribution >= 4 is 11.4 Å². The Morgan fingerprint density at radius 3 is 2.70 bits per heavy atom. The number of nitrogen functional groups attached to an aromatic ring is 1. The van der Waals surface area contributed by atoms with Gasteiger partial charge in [-0.25, -0.2) is 4.98 Å². The molecule has 0 aromatic carbocycles. The lowest BCUT2D eigenvalue weighted by Crippen LogP contribution is -2.36. The van der Waals surface area contributed by atoms with Crippen LogP contribution in [0.15, 0.2) is 42.6 Å². The molecule has 0 aliphatic carbocycles. The number of alkyl halides is 3. The Morgan fingerprint density at radius 2 is 2.06 bits per heavy atom. The van der Waals surface area contributed by atoms with Crippen molar-refractivity contribution in [1.29, 1.82) is 0 Å². The zero-order valence-electron chi connectivity index (χ0n) is 20.1. The third kappa shape index (κ3) is 8.00. The van der Waals surface area contributed by atoms with Gasteiger partial charge in [0.2, 0.25) is 0 Å². The predicted molar refractivity (Wildman–Crippen MR) is 130 cm³/mol. The first-order valence-corrected chi connectivity index (χ1v) is 11.9. The Morgan fingerprint density at radius 1 is 1.30 bits per heavy atom. The van der Waals surface area contributed by atoms with Crippen molar-refractivity contribution in [3.8, 4) is 0 Å². The maximum Gasteiger partial charge on any atom is 0.419 e. The number of rotatable bonds is 10. The molecular formula is C26H38F3N3O. The highest BCUT2D eigenvalue weighted by atomic mass is 19.4. The molecule has 2 atom stereocenters. The zero-order valence-corrected chi connectivity index (χ0v) is 20.1. The van der Waals surface area contributed by atoms with Gasteiger partial charge in [0.15, 0.2) is 0 Å². The number of hydrogen-bond acceptors (Lipinski definition) is 4. The van der Waals surface area contributed by atoms with Crippen LogP contribution in [-0.2, 0) is 10.9 Å². The molecule has 2 N–H and O–H groups in total. The molecule has 1 aromatic rings. The summed E-state index contributed by atoms with van der Waals surface area (Å²) in [6, 6.07) is 1.35. The fourth-order valence-corrected chi connectivity index (χ4v) is 4.12. The van der Waals surface area contributed by atoms with Gasteiger partial charge >= 0.3 is 6.18 Å². The van der Waals surface area contributed by atoms with Crippen LogP contribution in [0.2, 0.25) is 0 Å². The molecule has 1 saturated heterocycles. The van der Waals surface area contributed by atoms with Crippen molar-refractivity contribution in [3.63, 3.8) is 0 Å². The fraction of sp³-hybridized carbons (Fsp3) is 0.577. The average Bonchev–Trinajstić information content (AvgIpc) is 3.06. The molecule has 184 valence electrons. The van der Waals surface area contributed by atoms with Gasteiger partial charge in [0, 0.05) is 37.5 Å². The molecule has 2 unspecified atom stereocenters. The van der Waals surface area contributed by atoms with Crippen molar-refractivity contribution < 1.29 is 17.9 Å². The Balaban J connectivity index is 2.32. The first-order valence-electron chi connectivity index (χ1n) is 11.9. The van der Waals surface area contributed by atoms with Crippen molar-refractivity contribution in [1.82, 2.24) is 9.88 Å². The molecule has 0 spiro atoms. The normalized spacial score (nSPS) is 18.6. The van der Waals surface area contributed by atoms with E-state index in [0.717, 1.165) is 63.6 Å². The highest BCUT2D eigenvalue weighted by Crippen LogP contribution is 2.35. The Bertz CT molecular complexity index is 825. The summed E-state index contributed by atoms with van der Waals surface area (Å²) in [5.41, 5.74) is 7.03. The minimum Gasteiger partial charge on any atom is -0.383 e. The number of aromatic nitrogens is 1. The molecule has 1 aliphatic rings. The lowest BCUT2D eigenvalue weighted by Gasteiger charge is -2.28. The van der Waals surface area contributed by atoms with Gasteiger partial charge in [0.1, 0.15) is 5.82 Å². The maximum atomic E-state index is 13.4. The van der Waals surface area contributed by atoms with Crippen molar-refractivity contribution in [2.24, 2.45) is 5.92 Å². The molecule has 2 heterocycles. The third-order valence-corrected chi connectivity index (χ3v) is 6.29. The van der Waals surface area contributed by atoms with E-state index in [9.17, 15) is 13.2 Å². The fourth-order valence-electron chi connectivity index (χ4n) is 4.12. The second kappa shape index (κ2) is 12.9. The molecular weight excluding hydrogens is 427 g/mol. The zero-order chi connectivity index (χ0) is 24.4. The van der Waals surface area contributed by atoms with Crippen LogP contribution in [0.3, 0.4) is 0 Å². The quantitative estimate of drug-likeness (QED) is 0.316. The maximum absolute atomic E-state index is 13.4. The van der Waals surface area contributed by atoms with Crippen molar-refractivity contribution in [2.45, 2.75) is 65.1 Å². The molecule has 0 radical (unpaired) electrons. The number of allylic oxidation sites excluding steroid dienone is 4. The minimum absolute atomic E-state index is 0.243. The highest BCUT2D eigenvalue weighted by molar-refractivity contribution is 5.75. The van der Waals surface area contributed by atoms with E-state index in [1.807, 2.05) is 19.1 Å². The summed E-state index contributed by atoms with van der Waals surface area (Å²) < 4.78 is 45.8. The van der Waals surface area contributed by atoms with Crippen LogP contribution in [0.25, 0.3) is 5.57 Å². The van der Waals surface area contributed by atoms with Gasteiger partial charge in [0.05, 0.1) is 12.2 Å². The molecule has 1 aliphatic heterocycles. The summed E-state index contributed by atoms with van der Waals surface area (Å²) in [4.78, 5) is 6.25. The van der Waals surface area contributed by atoms with Crippen LogP contribution in [0.1, 0.15) is 64.0 Å². The van der Waals surface area contributed by atoms with Crippen LogP contribution in [-0.4, -0.2) is 42.2 Å². The highest BCUT2D eigenvalue weighted by Gasteiger charge is 2.34. The number of hydrogen-bond donors (Lipinski definition) is 1. The molecule has 1 aromatic heterocycles. The van der Waals surface area contributed by atoms with Gasteiger partial charge < -0.3 is 10.5 Å². The first kappa shape index (κ1) is 27.1. The van der Waals surface area contributed by atoms with Gasteiger partial charge in [0.25, 0.3) is 0 Å². The topological polar surface area (TPSA) is 51.4 Å². The minimum atomic E-state index is -4.54. The number of anilines is 1. The Kier molecular flexibility index (Phi) is 10.6. The average molecular weight is 466 g/mol. The summed E-state index contributed by atoms with van der Waals surface area (Å²) in [7, 11) is 0. The van der Waals surface area contributed by atoms with E-state index >= 15 is 0 Å². The lowest BCUT2D eigenvalue weighted by molar-refractivity contribution is -0.137. The van der Waals surface area contributed by atoms with Gasteiger partial charge in [-0.05, 0) is 49.7 Å². The molecule has 1 fully saturated rings. The van der Waals surface area contributed by atoms with Crippen LogP contribution in [0.5, 0.6) is 0 Å². The van der Waals surface area contributed by atoms with Gasteiger partial charge in [-0.15, -0.1) is 6.58 Å². The van der Waals surface area contributed by atoms with Gasteiger partial charge in [-0.1, -0.05) is 44.6 Å². The number of nitrogens with zero attached hydrogens (tertiary/aromatic N) is 2. The molecule has 4 nitrogen and oxygen atoms in total. The second-order valence-corrected chi connectivity index (χ2v) is 8.59. The van der Waals surface area contributed by atoms with E-state index in [0.29, 0.717) is 17.9 Å². The number of nitrogens with two attached hydrogens (primary N) is 1. The summed E-state index contributed by atoms with van der Waals surface area (Å²) in [5.74, 6) is -0.185. The van der Waals surface area contributed by atoms with Crippen LogP contribution in [0.4, 0.5) is 19.0 Å². The number of pyridine rings is 1. The monoisotopic (exact) mass is 465 g/mol. The number of halogens is 3. The van der Waals surface area contributed by atoms with E-state index < -0.39 is 17.6 Å². The molecule has 0 bridgehead atoms. The predicted octanol–water partition coefficient (Wildman–Crippen LogP) is 6.51. The van der Waals surface area contributed by atoms with Gasteiger partial charge in [-0.3, -0.25) is 4.90 Å². The molecule has 33 heavy (non-hydrogen) atoms. The third-order valence-electron chi connectivity index (χ3n) is 6.29. The standard InChI is InChI=1S/C26H38F3N3O/c1-5-9-21(22-17-24(26(27,28)29)25(30)31-18-22)16-20(19(4)6-2)10-11-23(7-3)32-12-8-14-33-15-13-32/h7,9,16-19,23H,3,5-6,8,10-15H2,1-2,4H3,(H2,30,31)/b20-16-,21-9+. The summed E-state index contributed by atoms with van der Waals surface area (Å²) in [6.07, 6.45) is 7.32. The van der Waals surface area contributed by atoms with E-state index in [1.54, 1.807) is 0 Å². The number of ether oxygens (including phenoxy) is 1. The molecule has 0 saturated carbocycles. The van der Waals surface area contributed by atoms with E-state index in [1.165, 1.54) is 11.8 Å². The van der Waals surface area contributed by atoms with Crippen LogP contribution >= 0.6 is 0 Å². The first-order chi connectivity index (χ1) is 15.7. The Labute approximate surface area is 196 Å². The summed E-state index contributed by atoms with van der Waals surface area (Å²) in [6.45, 7) is 13.7. The smallest absolute Gasteiger partial charge is 0.383 e. The van der Waals surface area contributed by atoms with E-state index in [-0.39, 0.29) is 6.04 Å². The van der Waals surface area contributed by atoms with Crippen LogP contribution in [0, 0.1) is 5.92 Å². The van der Waals surface area contributed by atoms with Crippen LogP contribution < -0.4 is 5.73 Å². The van der Waals surface area contributed by atoms with Crippen molar-refractivity contribution in [3.05, 3.63) is 53.8 Å². The van der Waals surface area contributed by atoms with Gasteiger partial charge in [-0.2, -0.15) is 13.2 Å². The summed E-state index contributed by atoms with van der Waals surface area (Å²) >= 11 is 0. The molecule has 0 amide bonds. The summed E-state index contributed by atoms with van der Waals surface area (Å²) in [5, 5.41) is 0. The lowest BCUT2D eigenvalue weighted by atomic mass is 9.89. The second-order valence-electron chi connectivity index (χ2n) is 8.59. The molecule has 2 rings (SSSR count). The van der Waals surface area contributed by atoms with E-state index in [2.05, 4.69) is 36.4 Å². The SMILES string of the molecule is C=CC(CC/C(=C/C(=C\CC)c1cnc(N)c(C(F)(F)F)c1)C(C)CC)N1CCCOCC1. The Hall–Kier alpha value is -2.12. The van der Waals surface area contributed by atoms with Crippen molar-refractivity contribution in [2.75, 3.05) is 32.0 Å². The van der Waals surface area contributed by atoms with E-state index in [4.69, 9.17) is 10.5 Å². The molecule has 7 heteroatoms.